The molecule has 0 amide bonds. The van der Waals surface area contributed by atoms with E-state index in [4.69, 9.17) is 5.11 Å². The average molecular weight is 310 g/mol. The van der Waals surface area contributed by atoms with Crippen molar-refractivity contribution in [2.24, 2.45) is 0 Å². The molecule has 6 heteroatoms. The van der Waals surface area contributed by atoms with E-state index < -0.39 is 5.97 Å². The maximum Gasteiger partial charge on any atom is 0.313 e. The van der Waals surface area contributed by atoms with Gasteiger partial charge in [0.15, 0.2) is 5.16 Å². The maximum atomic E-state index is 10.8. The number of thiophene rings is 1. The molecule has 0 aliphatic heterocycles. The van der Waals surface area contributed by atoms with Crippen LogP contribution in [0, 0.1) is 6.92 Å². The minimum absolute atomic E-state index is 0.0414. The number of carboxylic acids is 1. The molecule has 1 atom stereocenters. The van der Waals surface area contributed by atoms with E-state index in [1.54, 1.807) is 11.3 Å². The number of hydrogen-bond donors (Lipinski definition) is 1. The molecule has 0 fully saturated rings. The lowest BCUT2D eigenvalue weighted by Crippen LogP contribution is -2.10. The van der Waals surface area contributed by atoms with Crippen LogP contribution in [-0.4, -0.2) is 26.4 Å². The molecule has 2 heterocycles. The number of rotatable bonds is 7. The standard InChI is InChI=1S/C14H18N2O2S2/c1-3-5-11(12-6-4-7-19-12)16-8-10(2)15-14(16)20-9-13(17)18/h4,6-8,11H,3,5,9H2,1-2H3,(H,17,18). The molecule has 0 aromatic carbocycles. The number of aryl methyl sites for hydroxylation is 1. The fraction of sp³-hybridized carbons (Fsp3) is 0.429. The van der Waals surface area contributed by atoms with Gasteiger partial charge < -0.3 is 9.67 Å². The van der Waals surface area contributed by atoms with E-state index in [0.29, 0.717) is 0 Å². The largest absolute Gasteiger partial charge is 0.481 e. The Morgan fingerprint density at radius 2 is 2.40 bits per heavy atom. The Balaban J connectivity index is 2.30. The van der Waals surface area contributed by atoms with Crippen LogP contribution in [0.4, 0.5) is 0 Å². The van der Waals surface area contributed by atoms with Crippen molar-refractivity contribution in [3.05, 3.63) is 34.3 Å². The van der Waals surface area contributed by atoms with Gasteiger partial charge in [-0.2, -0.15) is 0 Å². The summed E-state index contributed by atoms with van der Waals surface area (Å²) in [6.07, 6.45) is 4.12. The quantitative estimate of drug-likeness (QED) is 0.790. The van der Waals surface area contributed by atoms with Crippen LogP contribution >= 0.6 is 23.1 Å². The van der Waals surface area contributed by atoms with Gasteiger partial charge in [0.2, 0.25) is 0 Å². The third-order valence-electron chi connectivity index (χ3n) is 2.91. The predicted molar refractivity (Wildman–Crippen MR) is 82.7 cm³/mol. The van der Waals surface area contributed by atoms with Crippen LogP contribution in [0.5, 0.6) is 0 Å². The summed E-state index contributed by atoms with van der Waals surface area (Å²) < 4.78 is 2.12. The Bertz CT molecular complexity index is 564. The zero-order valence-corrected chi connectivity index (χ0v) is 13.2. The number of thioether (sulfide) groups is 1. The van der Waals surface area contributed by atoms with Crippen molar-refractivity contribution in [1.29, 1.82) is 0 Å². The molecule has 108 valence electrons. The topological polar surface area (TPSA) is 55.1 Å². The minimum atomic E-state index is -0.814. The highest BCUT2D eigenvalue weighted by atomic mass is 32.2. The Morgan fingerprint density at radius 3 is 3.00 bits per heavy atom. The van der Waals surface area contributed by atoms with Gasteiger partial charge in [-0.05, 0) is 24.8 Å². The summed E-state index contributed by atoms with van der Waals surface area (Å²) in [6.45, 7) is 4.10. The average Bonchev–Trinajstić information content (AvgIpc) is 3.03. The van der Waals surface area contributed by atoms with E-state index in [1.165, 1.54) is 16.6 Å². The number of aromatic nitrogens is 2. The first-order valence-electron chi connectivity index (χ1n) is 6.55. The Morgan fingerprint density at radius 1 is 1.60 bits per heavy atom. The van der Waals surface area contributed by atoms with Crippen LogP contribution in [0.15, 0.2) is 28.9 Å². The van der Waals surface area contributed by atoms with Gasteiger partial charge in [-0.1, -0.05) is 31.2 Å². The summed E-state index contributed by atoms with van der Waals surface area (Å²) in [5, 5.41) is 11.7. The lowest BCUT2D eigenvalue weighted by atomic mass is 10.1. The molecule has 2 rings (SSSR count). The zero-order valence-electron chi connectivity index (χ0n) is 11.6. The van der Waals surface area contributed by atoms with Crippen LogP contribution in [0.3, 0.4) is 0 Å². The molecular weight excluding hydrogens is 292 g/mol. The fourth-order valence-corrected chi connectivity index (χ4v) is 3.77. The molecule has 0 spiro atoms. The van der Waals surface area contributed by atoms with Crippen molar-refractivity contribution in [2.45, 2.75) is 37.9 Å². The summed E-state index contributed by atoms with van der Waals surface area (Å²) in [5.74, 6) is -0.773. The van der Waals surface area contributed by atoms with E-state index in [-0.39, 0.29) is 11.8 Å². The van der Waals surface area contributed by atoms with Crippen molar-refractivity contribution in [3.63, 3.8) is 0 Å². The second-order valence-electron chi connectivity index (χ2n) is 4.57. The molecule has 0 saturated carbocycles. The second-order valence-corrected chi connectivity index (χ2v) is 6.50. The molecule has 1 unspecified atom stereocenters. The third-order valence-corrected chi connectivity index (χ3v) is 4.84. The van der Waals surface area contributed by atoms with Gasteiger partial charge in [0.25, 0.3) is 0 Å². The highest BCUT2D eigenvalue weighted by Crippen LogP contribution is 2.31. The fourth-order valence-electron chi connectivity index (χ4n) is 2.12. The predicted octanol–water partition coefficient (Wildman–Crippen LogP) is 3.82. The van der Waals surface area contributed by atoms with Crippen LogP contribution in [0.2, 0.25) is 0 Å². The van der Waals surface area contributed by atoms with Crippen molar-refractivity contribution < 1.29 is 9.90 Å². The van der Waals surface area contributed by atoms with Gasteiger partial charge in [-0.15, -0.1) is 11.3 Å². The molecule has 4 nitrogen and oxygen atoms in total. The third kappa shape index (κ3) is 3.64. The molecule has 0 aliphatic carbocycles. The lowest BCUT2D eigenvalue weighted by Gasteiger charge is -2.18. The molecule has 1 N–H and O–H groups in total. The first-order valence-corrected chi connectivity index (χ1v) is 8.41. The smallest absolute Gasteiger partial charge is 0.313 e. The molecule has 0 saturated heterocycles. The monoisotopic (exact) mass is 310 g/mol. The number of nitrogens with zero attached hydrogens (tertiary/aromatic N) is 2. The second kappa shape index (κ2) is 6.95. The first kappa shape index (κ1) is 15.1. The molecule has 0 radical (unpaired) electrons. The Hall–Kier alpha value is -1.27. The molecule has 2 aromatic heterocycles. The number of aliphatic carboxylic acids is 1. The zero-order chi connectivity index (χ0) is 14.5. The van der Waals surface area contributed by atoms with Gasteiger partial charge in [-0.3, -0.25) is 4.79 Å². The van der Waals surface area contributed by atoms with Crippen molar-refractivity contribution in [3.8, 4) is 0 Å². The molecule has 0 aliphatic rings. The van der Waals surface area contributed by atoms with E-state index in [1.807, 2.05) is 13.1 Å². The van der Waals surface area contributed by atoms with Crippen molar-refractivity contribution in [2.75, 3.05) is 5.75 Å². The first-order chi connectivity index (χ1) is 9.61. The number of hydrogen-bond acceptors (Lipinski definition) is 4. The summed E-state index contributed by atoms with van der Waals surface area (Å²) >= 11 is 3.02. The maximum absolute atomic E-state index is 10.8. The highest BCUT2D eigenvalue weighted by molar-refractivity contribution is 7.99. The van der Waals surface area contributed by atoms with Crippen molar-refractivity contribution >= 4 is 29.1 Å². The SMILES string of the molecule is CCCC(c1cccs1)n1cc(C)nc1SCC(=O)O. The lowest BCUT2D eigenvalue weighted by molar-refractivity contribution is -0.133. The van der Waals surface area contributed by atoms with E-state index in [9.17, 15) is 4.79 Å². The van der Waals surface area contributed by atoms with Gasteiger partial charge in [0.05, 0.1) is 17.5 Å². The Kier molecular flexibility index (Phi) is 5.25. The molecule has 20 heavy (non-hydrogen) atoms. The van der Waals surface area contributed by atoms with E-state index >= 15 is 0 Å². The van der Waals surface area contributed by atoms with Crippen LogP contribution in [-0.2, 0) is 4.79 Å². The van der Waals surface area contributed by atoms with Gasteiger partial charge in [0, 0.05) is 11.1 Å². The van der Waals surface area contributed by atoms with E-state index in [2.05, 4.69) is 34.0 Å². The molecule has 2 aromatic rings. The van der Waals surface area contributed by atoms with Gasteiger partial charge in [-0.25, -0.2) is 4.98 Å². The minimum Gasteiger partial charge on any atom is -0.481 e. The number of imidazole rings is 1. The van der Waals surface area contributed by atoms with Crippen LogP contribution in [0.25, 0.3) is 0 Å². The molecular formula is C14H18N2O2S2. The summed E-state index contributed by atoms with van der Waals surface area (Å²) in [5.41, 5.74) is 0.926. The van der Waals surface area contributed by atoms with Crippen LogP contribution in [0.1, 0.15) is 36.4 Å². The normalized spacial score (nSPS) is 12.5. The van der Waals surface area contributed by atoms with Crippen LogP contribution < -0.4 is 0 Å². The number of carboxylic acid groups (broad SMARTS) is 1. The van der Waals surface area contributed by atoms with Gasteiger partial charge >= 0.3 is 5.97 Å². The van der Waals surface area contributed by atoms with Crippen molar-refractivity contribution in [1.82, 2.24) is 9.55 Å². The summed E-state index contributed by atoms with van der Waals surface area (Å²) in [6, 6.07) is 4.43. The molecule has 0 bridgehead atoms. The highest BCUT2D eigenvalue weighted by Gasteiger charge is 2.19. The Labute approximate surface area is 126 Å². The summed E-state index contributed by atoms with van der Waals surface area (Å²) in [7, 11) is 0. The van der Waals surface area contributed by atoms with E-state index in [0.717, 1.165) is 23.7 Å². The number of carbonyl (C=O) groups is 1. The summed E-state index contributed by atoms with van der Waals surface area (Å²) in [4.78, 5) is 16.5. The van der Waals surface area contributed by atoms with Gasteiger partial charge in [0.1, 0.15) is 0 Å².